The monoisotopic (exact) mass is 374 g/mol. The van der Waals surface area contributed by atoms with E-state index >= 15 is 0 Å². The van der Waals surface area contributed by atoms with Crippen LogP contribution in [0, 0.1) is 0 Å². The molecule has 0 fully saturated rings. The lowest BCUT2D eigenvalue weighted by Gasteiger charge is -2.22. The summed E-state index contributed by atoms with van der Waals surface area (Å²) in [6, 6.07) is 9.57. The van der Waals surface area contributed by atoms with Crippen LogP contribution in [0.2, 0.25) is 0 Å². The summed E-state index contributed by atoms with van der Waals surface area (Å²) in [6.07, 6.45) is 4.53. The van der Waals surface area contributed by atoms with Gasteiger partial charge in [0.25, 0.3) is 0 Å². The number of furan rings is 1. The molecule has 6 nitrogen and oxygen atoms in total. The summed E-state index contributed by atoms with van der Waals surface area (Å²) in [4.78, 5) is 14.5. The van der Waals surface area contributed by atoms with Crippen LogP contribution in [0.1, 0.15) is 31.1 Å². The van der Waals surface area contributed by atoms with Crippen LogP contribution in [-0.4, -0.2) is 44.7 Å². The molecule has 1 aromatic heterocycles. The van der Waals surface area contributed by atoms with Gasteiger partial charge in [0, 0.05) is 6.54 Å². The number of nitrogens with one attached hydrogen (secondary N) is 1. The Morgan fingerprint density at radius 2 is 2.00 bits per heavy atom. The molecule has 1 N–H and O–H groups in total. The maximum absolute atomic E-state index is 12.7. The van der Waals surface area contributed by atoms with E-state index in [-0.39, 0.29) is 5.91 Å². The van der Waals surface area contributed by atoms with Crippen molar-refractivity contribution in [1.82, 2.24) is 10.2 Å². The fraction of sp³-hybridized carbons (Fsp3) is 0.476. The van der Waals surface area contributed by atoms with Crippen LogP contribution in [0.4, 0.5) is 0 Å². The predicted molar refractivity (Wildman–Crippen MR) is 105 cm³/mol. The zero-order valence-electron chi connectivity index (χ0n) is 16.5. The first-order chi connectivity index (χ1) is 13.2. The van der Waals surface area contributed by atoms with E-state index in [0.717, 1.165) is 37.1 Å². The minimum absolute atomic E-state index is 0.0722. The fourth-order valence-electron chi connectivity index (χ4n) is 2.79. The smallest absolute Gasteiger partial charge is 0.236 e. The predicted octanol–water partition coefficient (Wildman–Crippen LogP) is 3.26. The number of methoxy groups -OCH3 is 2. The minimum atomic E-state index is 0.0722. The Morgan fingerprint density at radius 1 is 1.19 bits per heavy atom. The number of rotatable bonds is 12. The molecule has 1 amide bonds. The zero-order valence-corrected chi connectivity index (χ0v) is 16.5. The quantitative estimate of drug-likeness (QED) is 0.578. The van der Waals surface area contributed by atoms with Crippen molar-refractivity contribution < 1.29 is 18.7 Å². The van der Waals surface area contributed by atoms with Crippen LogP contribution in [0.25, 0.3) is 0 Å². The molecule has 148 valence electrons. The van der Waals surface area contributed by atoms with Gasteiger partial charge in [0.2, 0.25) is 5.91 Å². The third kappa shape index (κ3) is 6.64. The number of carbonyl (C=O) groups excluding carboxylic acids is 1. The van der Waals surface area contributed by atoms with Gasteiger partial charge in [-0.3, -0.25) is 4.79 Å². The lowest BCUT2D eigenvalue weighted by atomic mass is 10.1. The average Bonchev–Trinajstić information content (AvgIpc) is 3.21. The molecule has 27 heavy (non-hydrogen) atoms. The summed E-state index contributed by atoms with van der Waals surface area (Å²) < 4.78 is 16.1. The number of amides is 1. The van der Waals surface area contributed by atoms with Gasteiger partial charge in [-0.2, -0.15) is 0 Å². The molecule has 2 aromatic rings. The zero-order chi connectivity index (χ0) is 19.5. The molecule has 0 saturated heterocycles. The van der Waals surface area contributed by atoms with Crippen LogP contribution in [0.15, 0.2) is 41.0 Å². The molecule has 6 heteroatoms. The number of ether oxygens (including phenoxy) is 2. The highest BCUT2D eigenvalue weighted by Crippen LogP contribution is 2.27. The molecule has 0 atom stereocenters. The number of unbranched alkanes of at least 4 members (excludes halogenated alkanes) is 1. The summed E-state index contributed by atoms with van der Waals surface area (Å²) >= 11 is 0. The topological polar surface area (TPSA) is 63.9 Å². The van der Waals surface area contributed by atoms with E-state index in [1.807, 2.05) is 35.2 Å². The van der Waals surface area contributed by atoms with E-state index < -0.39 is 0 Å². The van der Waals surface area contributed by atoms with Crippen molar-refractivity contribution in [3.63, 3.8) is 0 Å². The van der Waals surface area contributed by atoms with Gasteiger partial charge in [-0.15, -0.1) is 0 Å². The Hall–Kier alpha value is -2.47. The number of hydrogen-bond acceptors (Lipinski definition) is 5. The molecule has 0 aliphatic carbocycles. The van der Waals surface area contributed by atoms with E-state index in [9.17, 15) is 4.79 Å². The van der Waals surface area contributed by atoms with Gasteiger partial charge >= 0.3 is 0 Å². The third-order valence-electron chi connectivity index (χ3n) is 4.38. The summed E-state index contributed by atoms with van der Waals surface area (Å²) in [6.45, 7) is 4.40. The van der Waals surface area contributed by atoms with Gasteiger partial charge in [0.15, 0.2) is 11.5 Å². The fourth-order valence-corrected chi connectivity index (χ4v) is 2.79. The highest BCUT2D eigenvalue weighted by Gasteiger charge is 2.15. The SMILES string of the molecule is CCCCNCC(=O)N(CCc1ccc(OC)c(OC)c1)Cc1ccco1. The second-order valence-corrected chi connectivity index (χ2v) is 6.36. The van der Waals surface area contributed by atoms with E-state index in [2.05, 4.69) is 12.2 Å². The van der Waals surface area contributed by atoms with Crippen molar-refractivity contribution in [3.8, 4) is 11.5 Å². The van der Waals surface area contributed by atoms with E-state index in [4.69, 9.17) is 13.9 Å². The molecule has 0 aliphatic rings. The number of nitrogens with zero attached hydrogens (tertiary/aromatic N) is 1. The first-order valence-corrected chi connectivity index (χ1v) is 9.39. The maximum Gasteiger partial charge on any atom is 0.236 e. The molecule has 1 aromatic carbocycles. The molecule has 2 rings (SSSR count). The Labute approximate surface area is 161 Å². The van der Waals surface area contributed by atoms with Gasteiger partial charge in [-0.1, -0.05) is 19.4 Å². The van der Waals surface area contributed by atoms with Gasteiger partial charge in [0.1, 0.15) is 5.76 Å². The first kappa shape index (κ1) is 20.8. The second kappa shape index (κ2) is 11.3. The molecule has 0 bridgehead atoms. The van der Waals surface area contributed by atoms with Crippen LogP contribution < -0.4 is 14.8 Å². The van der Waals surface area contributed by atoms with Crippen molar-refractivity contribution >= 4 is 5.91 Å². The minimum Gasteiger partial charge on any atom is -0.493 e. The average molecular weight is 374 g/mol. The summed E-state index contributed by atoms with van der Waals surface area (Å²) in [7, 11) is 3.24. The van der Waals surface area contributed by atoms with Crippen molar-refractivity contribution in [2.24, 2.45) is 0 Å². The van der Waals surface area contributed by atoms with Crippen molar-refractivity contribution in [2.45, 2.75) is 32.7 Å². The molecule has 0 saturated carbocycles. The summed E-state index contributed by atoms with van der Waals surface area (Å²) in [5.41, 5.74) is 1.09. The van der Waals surface area contributed by atoms with Crippen LogP contribution in [0.3, 0.4) is 0 Å². The second-order valence-electron chi connectivity index (χ2n) is 6.36. The van der Waals surface area contributed by atoms with Gasteiger partial charge in [0.05, 0.1) is 33.6 Å². The highest BCUT2D eigenvalue weighted by molar-refractivity contribution is 5.78. The van der Waals surface area contributed by atoms with E-state index in [1.165, 1.54) is 0 Å². The Morgan fingerprint density at radius 3 is 2.67 bits per heavy atom. The lowest BCUT2D eigenvalue weighted by Crippen LogP contribution is -2.39. The van der Waals surface area contributed by atoms with Gasteiger partial charge in [-0.25, -0.2) is 0 Å². The summed E-state index contributed by atoms with van der Waals surface area (Å²) in [5.74, 6) is 2.25. The van der Waals surface area contributed by atoms with Crippen molar-refractivity contribution in [3.05, 3.63) is 47.9 Å². The summed E-state index contributed by atoms with van der Waals surface area (Å²) in [5, 5.41) is 3.22. The van der Waals surface area contributed by atoms with Crippen molar-refractivity contribution in [2.75, 3.05) is 33.9 Å². The maximum atomic E-state index is 12.7. The first-order valence-electron chi connectivity index (χ1n) is 9.39. The standard InChI is InChI=1S/C21H30N2O4/c1-4-5-11-22-15-21(24)23(16-18-7-6-13-27-18)12-10-17-8-9-19(25-2)20(14-17)26-3/h6-9,13-14,22H,4-5,10-12,15-16H2,1-3H3. The molecular weight excluding hydrogens is 344 g/mol. The Bertz CT molecular complexity index is 685. The number of hydrogen-bond donors (Lipinski definition) is 1. The Kier molecular flexibility index (Phi) is 8.71. The highest BCUT2D eigenvalue weighted by atomic mass is 16.5. The third-order valence-corrected chi connectivity index (χ3v) is 4.38. The molecule has 0 radical (unpaired) electrons. The van der Waals surface area contributed by atoms with E-state index in [0.29, 0.717) is 31.1 Å². The van der Waals surface area contributed by atoms with Crippen LogP contribution in [0.5, 0.6) is 11.5 Å². The van der Waals surface area contributed by atoms with Gasteiger partial charge in [-0.05, 0) is 49.2 Å². The molecule has 0 aliphatic heterocycles. The van der Waals surface area contributed by atoms with Crippen LogP contribution in [-0.2, 0) is 17.8 Å². The molecular formula is C21H30N2O4. The lowest BCUT2D eigenvalue weighted by molar-refractivity contribution is -0.131. The molecule has 0 spiro atoms. The number of carbonyl (C=O) groups is 1. The van der Waals surface area contributed by atoms with E-state index in [1.54, 1.807) is 20.5 Å². The van der Waals surface area contributed by atoms with Crippen molar-refractivity contribution in [1.29, 1.82) is 0 Å². The normalized spacial score (nSPS) is 10.6. The largest absolute Gasteiger partial charge is 0.493 e. The van der Waals surface area contributed by atoms with Crippen LogP contribution >= 0.6 is 0 Å². The molecule has 1 heterocycles. The van der Waals surface area contributed by atoms with Gasteiger partial charge < -0.3 is 24.1 Å². The Balaban J connectivity index is 1.99. The molecule has 0 unspecified atom stereocenters. The number of benzene rings is 1.